The van der Waals surface area contributed by atoms with E-state index < -0.39 is 12.2 Å². The molecule has 2 aromatic heterocycles. The normalized spacial score (nSPS) is 22.3. The molecule has 0 radical (unpaired) electrons. The molecule has 3 aromatic rings. The van der Waals surface area contributed by atoms with Gasteiger partial charge in [-0.1, -0.05) is 18.2 Å². The highest BCUT2D eigenvalue weighted by Crippen LogP contribution is 2.38. The topological polar surface area (TPSA) is 105 Å². The van der Waals surface area contributed by atoms with Gasteiger partial charge in [-0.05, 0) is 17.7 Å². The Balaban J connectivity index is 1.66. The summed E-state index contributed by atoms with van der Waals surface area (Å²) in [5.41, 5.74) is 2.01. The minimum absolute atomic E-state index is 0.0739. The molecule has 0 aliphatic carbocycles. The van der Waals surface area contributed by atoms with E-state index in [9.17, 15) is 10.2 Å². The molecule has 0 spiro atoms. The number of hydrogen-bond donors (Lipinski definition) is 3. The number of thioether (sulfide) groups is 1. The molecule has 1 saturated heterocycles. The molecule has 4 rings (SSSR count). The molecule has 3 N–H and O–H groups in total. The van der Waals surface area contributed by atoms with Gasteiger partial charge in [-0.3, -0.25) is 4.57 Å². The Morgan fingerprint density at radius 3 is 2.89 bits per heavy atom. The van der Waals surface area contributed by atoms with Crippen LogP contribution in [0.2, 0.25) is 5.28 Å². The van der Waals surface area contributed by atoms with Gasteiger partial charge in [0.2, 0.25) is 5.28 Å². The first-order valence-electron chi connectivity index (χ1n) is 8.32. The average Bonchev–Trinajstić information content (AvgIpc) is 3.23. The number of aliphatic hydroxyl groups excluding tert-OH is 2. The predicted molar refractivity (Wildman–Crippen MR) is 104 cm³/mol. The van der Waals surface area contributed by atoms with Crippen molar-refractivity contribution < 1.29 is 14.9 Å². The van der Waals surface area contributed by atoms with Crippen molar-refractivity contribution in [3.63, 3.8) is 0 Å². The van der Waals surface area contributed by atoms with Gasteiger partial charge >= 0.3 is 0 Å². The summed E-state index contributed by atoms with van der Waals surface area (Å²) >= 11 is 7.56. The molecule has 0 amide bonds. The molecule has 3 atom stereocenters. The fourth-order valence-electron chi connectivity index (χ4n) is 3.06. The van der Waals surface area contributed by atoms with E-state index in [4.69, 9.17) is 16.3 Å². The number of rotatable bonds is 5. The number of halogens is 1. The van der Waals surface area contributed by atoms with Gasteiger partial charge in [0, 0.05) is 17.9 Å². The number of aromatic nitrogens is 4. The van der Waals surface area contributed by atoms with Crippen LogP contribution in [0.5, 0.6) is 5.75 Å². The van der Waals surface area contributed by atoms with Gasteiger partial charge in [0.25, 0.3) is 0 Å². The van der Waals surface area contributed by atoms with Gasteiger partial charge < -0.3 is 20.3 Å². The minimum Gasteiger partial charge on any atom is -0.496 e. The summed E-state index contributed by atoms with van der Waals surface area (Å²) < 4.78 is 7.09. The van der Waals surface area contributed by atoms with E-state index in [1.807, 2.05) is 24.3 Å². The first-order valence-corrected chi connectivity index (χ1v) is 9.74. The van der Waals surface area contributed by atoms with E-state index in [1.54, 1.807) is 18.0 Å². The number of ether oxygens (including phenoxy) is 1. The van der Waals surface area contributed by atoms with Crippen LogP contribution >= 0.6 is 23.4 Å². The molecular weight excluding hydrogens is 390 g/mol. The monoisotopic (exact) mass is 407 g/mol. The van der Waals surface area contributed by atoms with Crippen molar-refractivity contribution in [3.8, 4) is 5.75 Å². The summed E-state index contributed by atoms with van der Waals surface area (Å²) in [7, 11) is 1.62. The van der Waals surface area contributed by atoms with Gasteiger partial charge in [-0.15, -0.1) is 11.8 Å². The molecule has 3 heterocycles. The predicted octanol–water partition coefficient (Wildman–Crippen LogP) is 2.07. The second-order valence-corrected chi connectivity index (χ2v) is 7.60. The van der Waals surface area contributed by atoms with Gasteiger partial charge in [0.1, 0.15) is 17.2 Å². The van der Waals surface area contributed by atoms with E-state index in [0.29, 0.717) is 29.3 Å². The largest absolute Gasteiger partial charge is 0.496 e. The smallest absolute Gasteiger partial charge is 0.226 e. The molecule has 10 heteroatoms. The maximum absolute atomic E-state index is 10.2. The lowest BCUT2D eigenvalue weighted by atomic mass is 10.2. The van der Waals surface area contributed by atoms with E-state index in [0.717, 1.165) is 11.3 Å². The fraction of sp³-hybridized carbons (Fsp3) is 0.353. The van der Waals surface area contributed by atoms with Crippen LogP contribution in [-0.4, -0.2) is 54.8 Å². The zero-order valence-electron chi connectivity index (χ0n) is 14.4. The van der Waals surface area contributed by atoms with Crippen LogP contribution in [0, 0.1) is 0 Å². The average molecular weight is 408 g/mol. The van der Waals surface area contributed by atoms with Crippen molar-refractivity contribution in [1.82, 2.24) is 19.5 Å². The van der Waals surface area contributed by atoms with E-state index >= 15 is 0 Å². The number of imidazole rings is 1. The Bertz CT molecular complexity index is 969. The van der Waals surface area contributed by atoms with Crippen molar-refractivity contribution in [3.05, 3.63) is 41.4 Å². The quantitative estimate of drug-likeness (QED) is 0.552. The van der Waals surface area contributed by atoms with Crippen LogP contribution < -0.4 is 10.1 Å². The van der Waals surface area contributed by atoms with Crippen LogP contribution in [0.1, 0.15) is 10.9 Å². The van der Waals surface area contributed by atoms with Gasteiger partial charge in [-0.25, -0.2) is 4.98 Å². The van der Waals surface area contributed by atoms with E-state index in [1.165, 1.54) is 11.8 Å². The van der Waals surface area contributed by atoms with Crippen molar-refractivity contribution in [2.24, 2.45) is 0 Å². The number of nitrogens with zero attached hydrogens (tertiary/aromatic N) is 4. The summed E-state index contributed by atoms with van der Waals surface area (Å²) in [5.74, 6) is 1.71. The molecule has 0 saturated carbocycles. The molecule has 0 bridgehead atoms. The highest BCUT2D eigenvalue weighted by atomic mass is 35.5. The number of para-hydroxylation sites is 1. The third-order valence-corrected chi connectivity index (χ3v) is 5.98. The highest BCUT2D eigenvalue weighted by molar-refractivity contribution is 7.99. The number of hydrogen-bond acceptors (Lipinski definition) is 8. The highest BCUT2D eigenvalue weighted by Gasteiger charge is 2.36. The van der Waals surface area contributed by atoms with Crippen LogP contribution in [0.15, 0.2) is 30.6 Å². The van der Waals surface area contributed by atoms with E-state index in [-0.39, 0.29) is 10.7 Å². The third kappa shape index (κ3) is 3.43. The molecule has 1 unspecified atom stereocenters. The molecule has 1 aromatic carbocycles. The van der Waals surface area contributed by atoms with E-state index in [2.05, 4.69) is 20.3 Å². The van der Waals surface area contributed by atoms with Crippen LogP contribution in [-0.2, 0) is 6.54 Å². The molecule has 1 aliphatic rings. The van der Waals surface area contributed by atoms with Crippen molar-refractivity contribution in [1.29, 1.82) is 0 Å². The Labute approximate surface area is 164 Å². The first-order chi connectivity index (χ1) is 13.1. The zero-order chi connectivity index (χ0) is 19.0. The molecular formula is C17H18ClN5O3S. The van der Waals surface area contributed by atoms with Gasteiger partial charge in [-0.2, -0.15) is 9.97 Å². The van der Waals surface area contributed by atoms with Crippen LogP contribution in [0.3, 0.4) is 0 Å². The lowest BCUT2D eigenvalue weighted by Gasteiger charge is -2.17. The molecule has 1 fully saturated rings. The summed E-state index contributed by atoms with van der Waals surface area (Å²) in [4.78, 5) is 12.9. The molecule has 142 valence electrons. The Morgan fingerprint density at radius 1 is 1.33 bits per heavy atom. The second-order valence-electron chi connectivity index (χ2n) is 6.11. The minimum atomic E-state index is -0.897. The summed E-state index contributed by atoms with van der Waals surface area (Å²) in [5, 5.41) is 23.0. The van der Waals surface area contributed by atoms with Crippen molar-refractivity contribution in [2.45, 2.75) is 24.1 Å². The maximum Gasteiger partial charge on any atom is 0.226 e. The second kappa shape index (κ2) is 7.51. The van der Waals surface area contributed by atoms with Gasteiger partial charge in [0.15, 0.2) is 17.0 Å². The number of nitrogens with one attached hydrogen (secondary N) is 1. The van der Waals surface area contributed by atoms with Crippen molar-refractivity contribution in [2.75, 3.05) is 18.2 Å². The lowest BCUT2D eigenvalue weighted by Crippen LogP contribution is -2.27. The zero-order valence-corrected chi connectivity index (χ0v) is 16.0. The van der Waals surface area contributed by atoms with Crippen LogP contribution in [0.4, 0.5) is 5.82 Å². The number of aliphatic hydroxyl groups is 2. The number of methoxy groups -OCH3 is 1. The number of benzene rings is 1. The number of anilines is 1. The fourth-order valence-corrected chi connectivity index (χ4v) is 4.51. The van der Waals surface area contributed by atoms with Gasteiger partial charge in [0.05, 0.1) is 19.5 Å². The Kier molecular flexibility index (Phi) is 5.09. The third-order valence-electron chi connectivity index (χ3n) is 4.43. The summed E-state index contributed by atoms with van der Waals surface area (Å²) in [6, 6.07) is 7.68. The standard InChI is InChI=1S/C17H18ClN5O3S/c1-26-11-5-3-2-4-9(11)6-19-14-12-15(22-17(18)21-14)23(8-20-12)16-13(25)10(24)7-27-16/h2-5,8,10,13,16,24-25H,6-7H2,1H3,(H,19,21,22)/t10?,13-,16+/m0/s1. The SMILES string of the molecule is COc1ccccc1CNc1nc(Cl)nc2c1ncn2[C@@H]1SCC(O)[C@@H]1O. The Hall–Kier alpha value is -2.07. The molecule has 27 heavy (non-hydrogen) atoms. The maximum atomic E-state index is 10.2. The molecule has 1 aliphatic heterocycles. The molecule has 8 nitrogen and oxygen atoms in total. The summed E-state index contributed by atoms with van der Waals surface area (Å²) in [6.07, 6.45) is -0.0906. The Morgan fingerprint density at radius 2 is 2.15 bits per heavy atom. The van der Waals surface area contributed by atoms with Crippen molar-refractivity contribution >= 4 is 40.3 Å². The number of fused-ring (bicyclic) bond motifs is 1. The first kappa shape index (κ1) is 18.3. The summed E-state index contributed by atoms with van der Waals surface area (Å²) in [6.45, 7) is 0.471. The lowest BCUT2D eigenvalue weighted by molar-refractivity contribution is 0.0313. The van der Waals surface area contributed by atoms with Crippen LogP contribution in [0.25, 0.3) is 11.2 Å².